The maximum atomic E-state index is 13.9. The molecule has 1 saturated carbocycles. The summed E-state index contributed by atoms with van der Waals surface area (Å²) in [6, 6.07) is -0.155. The molecule has 0 aromatic heterocycles. The molecule has 2 aliphatic heterocycles. The quantitative estimate of drug-likeness (QED) is 0.631. The van der Waals surface area contributed by atoms with Gasteiger partial charge in [0.05, 0.1) is 12.6 Å². The molecule has 2 fully saturated rings. The van der Waals surface area contributed by atoms with Gasteiger partial charge in [-0.05, 0) is 50.7 Å². The second kappa shape index (κ2) is 10.9. The van der Waals surface area contributed by atoms with Gasteiger partial charge in [-0.1, -0.05) is 24.3 Å². The molecule has 0 aromatic carbocycles. The van der Waals surface area contributed by atoms with Gasteiger partial charge in [0.1, 0.15) is 12.4 Å². The molecule has 2 heterocycles. The van der Waals surface area contributed by atoms with E-state index >= 15 is 0 Å². The van der Waals surface area contributed by atoms with Crippen LogP contribution in [-0.4, -0.2) is 49.4 Å². The zero-order chi connectivity index (χ0) is 20.5. The molecule has 1 atom stereocenters. The largest absolute Gasteiger partial charge is 0.384 e. The van der Waals surface area contributed by atoms with Crippen LogP contribution in [0, 0.1) is 5.92 Å². The topological polar surface area (TPSA) is 53.9 Å². The van der Waals surface area contributed by atoms with E-state index in [1.54, 1.807) is 18.4 Å². The van der Waals surface area contributed by atoms with Crippen molar-refractivity contribution in [2.45, 2.75) is 38.6 Å². The van der Waals surface area contributed by atoms with Crippen LogP contribution in [0.15, 0.2) is 64.7 Å². The average molecular weight is 400 g/mol. The highest BCUT2D eigenvalue weighted by Gasteiger charge is 2.36. The van der Waals surface area contributed by atoms with Gasteiger partial charge in [0.2, 0.25) is 5.91 Å². The van der Waals surface area contributed by atoms with Crippen LogP contribution in [0.1, 0.15) is 32.6 Å². The Bertz CT molecular complexity index is 760. The number of hydrogen-bond donors (Lipinski definition) is 1. The minimum atomic E-state index is -0.288. The Hall–Kier alpha value is -2.47. The summed E-state index contributed by atoms with van der Waals surface area (Å²) in [4.78, 5) is 18.9. The van der Waals surface area contributed by atoms with Crippen LogP contribution < -0.4 is 5.32 Å². The van der Waals surface area contributed by atoms with Crippen LogP contribution >= 0.6 is 0 Å². The fourth-order valence-electron chi connectivity index (χ4n) is 3.45. The van der Waals surface area contributed by atoms with Crippen molar-refractivity contribution in [3.8, 4) is 0 Å². The number of carbonyl (C=O) groups is 1. The number of amides is 1. The Labute approximate surface area is 172 Å². The van der Waals surface area contributed by atoms with Crippen LogP contribution in [0.5, 0.6) is 0 Å². The highest BCUT2D eigenvalue weighted by Crippen LogP contribution is 2.32. The second-order valence-electron chi connectivity index (χ2n) is 7.51. The van der Waals surface area contributed by atoms with Crippen LogP contribution in [-0.2, 0) is 9.53 Å². The van der Waals surface area contributed by atoms with Crippen LogP contribution in [0.4, 0.5) is 4.39 Å². The number of ether oxygens (including phenoxy) is 1. The van der Waals surface area contributed by atoms with Crippen molar-refractivity contribution in [1.82, 2.24) is 10.2 Å². The van der Waals surface area contributed by atoms with E-state index in [2.05, 4.69) is 10.3 Å². The molecule has 29 heavy (non-hydrogen) atoms. The Kier molecular flexibility index (Phi) is 7.99. The summed E-state index contributed by atoms with van der Waals surface area (Å²) in [6.45, 7) is 3.64. The Morgan fingerprint density at radius 3 is 3.07 bits per heavy atom. The normalized spacial score (nSPS) is 28.6. The van der Waals surface area contributed by atoms with Gasteiger partial charge in [0, 0.05) is 36.8 Å². The van der Waals surface area contributed by atoms with Crippen molar-refractivity contribution < 1.29 is 13.9 Å². The highest BCUT2D eigenvalue weighted by molar-refractivity contribution is 5.86. The maximum absolute atomic E-state index is 13.9. The molecular weight excluding hydrogens is 369 g/mol. The summed E-state index contributed by atoms with van der Waals surface area (Å²) >= 11 is 0. The van der Waals surface area contributed by atoms with Gasteiger partial charge in [-0.2, -0.15) is 0 Å². The van der Waals surface area contributed by atoms with Crippen molar-refractivity contribution in [3.05, 3.63) is 59.8 Å². The second-order valence-corrected chi connectivity index (χ2v) is 7.51. The summed E-state index contributed by atoms with van der Waals surface area (Å²) in [5, 5.41) is 3.36. The Morgan fingerprint density at radius 2 is 2.28 bits per heavy atom. The minimum absolute atomic E-state index is 0.0334. The van der Waals surface area contributed by atoms with Crippen molar-refractivity contribution >= 4 is 12.1 Å². The molecule has 0 radical (unpaired) electrons. The molecular formula is C23H30FN3O2. The molecule has 3 rings (SSSR count). The summed E-state index contributed by atoms with van der Waals surface area (Å²) in [5.41, 5.74) is 1.95. The summed E-state index contributed by atoms with van der Waals surface area (Å²) in [5.74, 6) is 0.345. The van der Waals surface area contributed by atoms with Crippen molar-refractivity contribution in [2.24, 2.45) is 10.9 Å². The van der Waals surface area contributed by atoms with E-state index in [1.165, 1.54) is 25.0 Å². The van der Waals surface area contributed by atoms with Gasteiger partial charge in [-0.15, -0.1) is 0 Å². The van der Waals surface area contributed by atoms with Crippen LogP contribution in [0.3, 0.4) is 0 Å². The third-order valence-electron chi connectivity index (χ3n) is 5.19. The van der Waals surface area contributed by atoms with Crippen LogP contribution in [0.25, 0.3) is 0 Å². The van der Waals surface area contributed by atoms with Crippen LogP contribution in [0.2, 0.25) is 0 Å². The predicted octanol–water partition coefficient (Wildman–Crippen LogP) is 3.83. The molecule has 0 spiro atoms. The Morgan fingerprint density at radius 1 is 1.41 bits per heavy atom. The maximum Gasteiger partial charge on any atom is 0.249 e. The molecule has 0 bridgehead atoms. The van der Waals surface area contributed by atoms with Gasteiger partial charge >= 0.3 is 0 Å². The summed E-state index contributed by atoms with van der Waals surface area (Å²) in [6.07, 6.45) is 17.9. The lowest BCUT2D eigenvalue weighted by Gasteiger charge is -2.37. The van der Waals surface area contributed by atoms with Gasteiger partial charge < -0.3 is 15.0 Å². The summed E-state index contributed by atoms with van der Waals surface area (Å²) < 4.78 is 19.5. The fraction of sp³-hybridized carbons (Fsp3) is 0.478. The minimum Gasteiger partial charge on any atom is -0.384 e. The third kappa shape index (κ3) is 6.53. The van der Waals surface area contributed by atoms with Crippen molar-refractivity contribution in [2.75, 3.05) is 26.3 Å². The van der Waals surface area contributed by atoms with E-state index in [0.29, 0.717) is 19.1 Å². The van der Waals surface area contributed by atoms with Gasteiger partial charge in [0.25, 0.3) is 0 Å². The van der Waals surface area contributed by atoms with Gasteiger partial charge in [-0.25, -0.2) is 4.39 Å². The van der Waals surface area contributed by atoms with Crippen molar-refractivity contribution in [1.29, 1.82) is 0 Å². The van der Waals surface area contributed by atoms with Gasteiger partial charge in [-0.3, -0.25) is 9.79 Å². The standard InChI is InChI=1S/C23H30FN3O2/c1-2-3-4-7-19(24)11-13-26-21-8-5-6-12-25-14-20(21)22-16-29-17-23(28)27(22)15-18-9-10-18/h2-4,6-7,11-12,14,18,22,26H,5,8-10,13,15-17H2,1H3/b3-2-,7-4-,12-6-,19-11-,21-20-,25-14+. The first-order valence-corrected chi connectivity index (χ1v) is 10.4. The van der Waals surface area contributed by atoms with E-state index < -0.39 is 0 Å². The molecule has 3 aliphatic rings. The molecule has 1 saturated heterocycles. The van der Waals surface area contributed by atoms with E-state index in [1.807, 2.05) is 30.2 Å². The van der Waals surface area contributed by atoms with E-state index in [4.69, 9.17) is 4.74 Å². The number of nitrogens with zero attached hydrogens (tertiary/aromatic N) is 2. The van der Waals surface area contributed by atoms with Crippen molar-refractivity contribution in [3.63, 3.8) is 0 Å². The Balaban J connectivity index is 1.78. The molecule has 0 aromatic rings. The molecule has 6 heteroatoms. The molecule has 1 unspecified atom stereocenters. The molecule has 1 N–H and O–H groups in total. The van der Waals surface area contributed by atoms with Gasteiger partial charge in [0.15, 0.2) is 0 Å². The lowest BCUT2D eigenvalue weighted by molar-refractivity contribution is -0.146. The SMILES string of the molecule is C\C=C/C=C\C(F)=C\CN/C1=C(C2COCC(=O)N2CC2CC2)/C=N/C=C\CC1. The first-order chi connectivity index (χ1) is 14.2. The molecule has 156 valence electrons. The predicted molar refractivity (Wildman–Crippen MR) is 114 cm³/mol. The zero-order valence-corrected chi connectivity index (χ0v) is 17.0. The molecule has 5 nitrogen and oxygen atoms in total. The summed E-state index contributed by atoms with van der Waals surface area (Å²) in [7, 11) is 0. The number of halogens is 1. The molecule has 1 amide bonds. The monoisotopic (exact) mass is 399 g/mol. The first-order valence-electron chi connectivity index (χ1n) is 10.4. The molecule has 1 aliphatic carbocycles. The number of rotatable bonds is 8. The van der Waals surface area contributed by atoms with E-state index in [0.717, 1.165) is 30.7 Å². The lowest BCUT2D eigenvalue weighted by atomic mass is 9.99. The van der Waals surface area contributed by atoms with E-state index in [-0.39, 0.29) is 24.4 Å². The lowest BCUT2D eigenvalue weighted by Crippen LogP contribution is -2.52. The first kappa shape index (κ1) is 21.2. The number of allylic oxidation sites excluding steroid dienone is 7. The highest BCUT2D eigenvalue weighted by atomic mass is 19.1. The number of aliphatic imine (C=N–C) groups is 1. The fourth-order valence-corrected chi connectivity index (χ4v) is 3.45. The average Bonchev–Trinajstić information content (AvgIpc) is 3.50. The smallest absolute Gasteiger partial charge is 0.249 e. The van der Waals surface area contributed by atoms with E-state index in [9.17, 15) is 9.18 Å². The number of carbonyl (C=O) groups excluding carboxylic acids is 1. The number of nitrogens with one attached hydrogen (secondary N) is 1. The number of hydrogen-bond acceptors (Lipinski definition) is 4. The zero-order valence-electron chi connectivity index (χ0n) is 17.0. The number of morpholine rings is 1. The third-order valence-corrected chi connectivity index (χ3v) is 5.19.